The predicted octanol–water partition coefficient (Wildman–Crippen LogP) is 16.6. The molecule has 7 aromatic carbocycles. The molecule has 0 aliphatic carbocycles. The Balaban J connectivity index is 0.000000415. The Kier molecular flexibility index (Phi) is 18.4. The van der Waals surface area contributed by atoms with Gasteiger partial charge < -0.3 is 0 Å². The highest BCUT2D eigenvalue weighted by atomic mass is 19.3. The molecule has 0 unspecified atom stereocenters. The first kappa shape index (κ1) is 63.5. The van der Waals surface area contributed by atoms with Crippen LogP contribution in [0.5, 0.6) is 0 Å². The van der Waals surface area contributed by atoms with Gasteiger partial charge in [0, 0.05) is 0 Å². The highest BCUT2D eigenvalue weighted by molar-refractivity contribution is 7.20. The van der Waals surface area contributed by atoms with Gasteiger partial charge in [0.1, 0.15) is 76.0 Å². The van der Waals surface area contributed by atoms with E-state index in [0.717, 1.165) is 22.6 Å². The van der Waals surface area contributed by atoms with E-state index in [0.29, 0.717) is 0 Å². The second kappa shape index (κ2) is 24.0. The van der Waals surface area contributed by atoms with Gasteiger partial charge in [-0.2, -0.15) is 26.3 Å². The zero-order chi connectivity index (χ0) is 62.5. The van der Waals surface area contributed by atoms with Crippen molar-refractivity contribution in [3.05, 3.63) is 252 Å². The average molecular weight is 1220 g/mol. The SMILES string of the molecule is C/C(F)=C(\F)c1c(F)c(F)c([B-](c2c(F)c(F)c(C(F)=C(F)F)c(F)c2F)(c2c(F)c(F)c(C(F)=C(F)F)c(F)c2F)c2c(F)c(F)c(C(F)=C(F)F)c(F)c2F)c(F)c1F.Fc1ccc([C+](c2ccc(F)cc2)c2ccc(F)cc2)cc1. The molecule has 0 aliphatic heterocycles. The molecule has 83 heavy (non-hydrogen) atoms. The summed E-state index contributed by atoms with van der Waals surface area (Å²) in [5.74, 6) is -81.7. The van der Waals surface area contributed by atoms with Gasteiger partial charge in [-0.05, 0) is 79.7 Å². The number of halogens is 30. The number of hydrogen-bond acceptors (Lipinski definition) is 0. The molecule has 0 radical (unpaired) electrons. The minimum Gasteiger partial charge on any atom is -0.209 e. The molecule has 0 spiro atoms. The van der Waals surface area contributed by atoms with Crippen molar-refractivity contribution in [2.24, 2.45) is 0 Å². The van der Waals surface area contributed by atoms with Crippen molar-refractivity contribution in [2.75, 3.05) is 0 Å². The molecule has 31 heteroatoms. The van der Waals surface area contributed by atoms with E-state index in [-0.39, 0.29) is 24.4 Å². The van der Waals surface area contributed by atoms with Crippen LogP contribution in [-0.2, 0) is 0 Å². The fraction of sp³-hybridized carbons (Fsp3) is 0.0192. The molecule has 0 aliphatic rings. The lowest BCUT2D eigenvalue weighted by Crippen LogP contribution is -2.81. The van der Waals surface area contributed by atoms with Crippen molar-refractivity contribution in [1.82, 2.24) is 0 Å². The van der Waals surface area contributed by atoms with Crippen molar-refractivity contribution in [1.29, 1.82) is 0 Å². The molecular weight excluding hydrogens is 1210 g/mol. The Labute approximate surface area is 441 Å². The molecule has 0 fully saturated rings. The summed E-state index contributed by atoms with van der Waals surface area (Å²) in [6, 6.07) is 18.1. The highest BCUT2D eigenvalue weighted by Crippen LogP contribution is 2.39. The normalized spacial score (nSPS) is 11.7. The zero-order valence-corrected chi connectivity index (χ0v) is 39.3. The van der Waals surface area contributed by atoms with Gasteiger partial charge in [0.15, 0.2) is 52.4 Å². The second-order valence-electron chi connectivity index (χ2n) is 16.5. The van der Waals surface area contributed by atoms with Gasteiger partial charge in [0.25, 0.3) is 0 Å². The second-order valence-corrected chi connectivity index (χ2v) is 16.5. The fourth-order valence-corrected chi connectivity index (χ4v) is 8.56. The molecule has 0 heterocycles. The summed E-state index contributed by atoms with van der Waals surface area (Å²) in [6.45, 7) is -0.144. The fourth-order valence-electron chi connectivity index (χ4n) is 8.56. The quantitative estimate of drug-likeness (QED) is 0.0398. The van der Waals surface area contributed by atoms with Crippen LogP contribution in [0.2, 0.25) is 0 Å². The van der Waals surface area contributed by atoms with Crippen LogP contribution >= 0.6 is 0 Å². The van der Waals surface area contributed by atoms with E-state index in [2.05, 4.69) is 0 Å². The molecule has 7 rings (SSSR count). The van der Waals surface area contributed by atoms with E-state index >= 15 is 70.2 Å². The summed E-state index contributed by atoms with van der Waals surface area (Å²) in [5.41, 5.74) is -27.3. The molecule has 0 N–H and O–H groups in total. The molecular formula is C52H15BF30. The topological polar surface area (TPSA) is 0 Å². The lowest BCUT2D eigenvalue weighted by molar-refractivity contribution is 0.402. The molecule has 0 amide bonds. The Bertz CT molecular complexity index is 3290. The first-order valence-electron chi connectivity index (χ1n) is 21.5. The standard InChI is InChI=1S/C33H3BF27.C19H12F3/c1-2(35)11(36)3-12(37)23(48)7(24(49)13(3)38)34(8-25(50)14(39)4(15(40)26(8)51)20(45)31(56)57,9-27(52)16(41)5(17(42)28(9)53)21(46)32(58)59)10-29(54)18(43)6(19(44)30(10)55)22(47)33(60)61;20-16-7-1-13(2-8-16)19(14-3-9-17(21)10-4-14)15-5-11-18(22)12-6-15/h1H3;1-12H/q-1;+1/b11-2+;. The lowest BCUT2D eigenvalue weighted by atomic mass is 9.12. The minimum absolute atomic E-state index is 0.144. The van der Waals surface area contributed by atoms with E-state index in [1.165, 1.54) is 36.4 Å². The van der Waals surface area contributed by atoms with E-state index in [1.54, 1.807) is 36.4 Å². The number of rotatable bonds is 11. The van der Waals surface area contributed by atoms with Crippen molar-refractivity contribution < 1.29 is 132 Å². The van der Waals surface area contributed by atoms with Crippen molar-refractivity contribution >= 4 is 51.3 Å². The molecule has 436 valence electrons. The van der Waals surface area contributed by atoms with Gasteiger partial charge >= 0.3 is 18.2 Å². The Hall–Kier alpha value is -8.67. The maximum absolute atomic E-state index is 16.3. The number of allylic oxidation sites excluding steroid dienone is 1. The molecule has 0 saturated carbocycles. The third kappa shape index (κ3) is 10.9. The monoisotopic (exact) mass is 1220 g/mol. The Morgan fingerprint density at radius 1 is 0.253 bits per heavy atom. The zero-order valence-electron chi connectivity index (χ0n) is 39.3. The van der Waals surface area contributed by atoms with Gasteiger partial charge in [-0.15, -0.1) is 21.9 Å². The van der Waals surface area contributed by atoms with Crippen LogP contribution in [-0.4, -0.2) is 6.15 Å². The Morgan fingerprint density at radius 2 is 0.422 bits per heavy atom. The summed E-state index contributed by atoms with van der Waals surface area (Å²) < 4.78 is 443. The van der Waals surface area contributed by atoms with E-state index in [9.17, 15) is 61.5 Å². The maximum Gasteiger partial charge on any atom is 0.306 e. The van der Waals surface area contributed by atoms with Crippen LogP contribution in [0.3, 0.4) is 0 Å². The van der Waals surface area contributed by atoms with Gasteiger partial charge in [-0.25, -0.2) is 105 Å². The number of benzene rings is 7. The summed E-state index contributed by atoms with van der Waals surface area (Å²) in [6.07, 6.45) is -20.0. The lowest BCUT2D eigenvalue weighted by Gasteiger charge is -2.45. The largest absolute Gasteiger partial charge is 0.306 e. The molecule has 0 aromatic heterocycles. The smallest absolute Gasteiger partial charge is 0.209 e. The van der Waals surface area contributed by atoms with Gasteiger partial charge in [-0.1, -0.05) is 0 Å². The van der Waals surface area contributed by atoms with Crippen LogP contribution < -0.4 is 21.9 Å². The highest BCUT2D eigenvalue weighted by Gasteiger charge is 2.53. The third-order valence-electron chi connectivity index (χ3n) is 12.0. The number of hydrogen-bond donors (Lipinski definition) is 0. The van der Waals surface area contributed by atoms with E-state index < -0.39 is 191 Å². The Morgan fingerprint density at radius 3 is 0.578 bits per heavy atom. The van der Waals surface area contributed by atoms with Gasteiger partial charge in [-0.3, -0.25) is 0 Å². The van der Waals surface area contributed by atoms with Crippen molar-refractivity contribution in [2.45, 2.75) is 6.92 Å². The maximum atomic E-state index is 16.3. The van der Waals surface area contributed by atoms with Crippen molar-refractivity contribution in [3.63, 3.8) is 0 Å². The molecule has 0 atom stereocenters. The predicted molar refractivity (Wildman–Crippen MR) is 235 cm³/mol. The first-order valence-corrected chi connectivity index (χ1v) is 21.5. The van der Waals surface area contributed by atoms with Crippen molar-refractivity contribution in [3.8, 4) is 0 Å². The third-order valence-corrected chi connectivity index (χ3v) is 12.0. The summed E-state index contributed by atoms with van der Waals surface area (Å²) in [5, 5.41) is 0. The molecule has 7 aromatic rings. The van der Waals surface area contributed by atoms with E-state index in [4.69, 9.17) is 0 Å². The summed E-state index contributed by atoms with van der Waals surface area (Å²) in [7, 11) is 0. The minimum atomic E-state index is -7.92. The van der Waals surface area contributed by atoms with Gasteiger partial charge in [0.2, 0.25) is 17.5 Å². The van der Waals surface area contributed by atoms with E-state index in [1.807, 2.05) is 0 Å². The average Bonchev–Trinajstić information content (AvgIpc) is 2.00. The van der Waals surface area contributed by atoms with Crippen LogP contribution in [0, 0.1) is 116 Å². The van der Waals surface area contributed by atoms with Crippen LogP contribution in [0.4, 0.5) is 132 Å². The molecule has 0 bridgehead atoms. The van der Waals surface area contributed by atoms with Crippen LogP contribution in [0.25, 0.3) is 23.3 Å². The first-order chi connectivity index (χ1) is 38.6. The molecule has 0 nitrogen and oxygen atoms in total. The van der Waals surface area contributed by atoms with Crippen LogP contribution in [0.15, 0.2) is 96.9 Å². The summed E-state index contributed by atoms with van der Waals surface area (Å²) in [4.78, 5) is 0. The van der Waals surface area contributed by atoms with Crippen LogP contribution in [0.1, 0.15) is 45.9 Å². The van der Waals surface area contributed by atoms with Gasteiger partial charge in [0.05, 0.1) is 44.9 Å². The summed E-state index contributed by atoms with van der Waals surface area (Å²) >= 11 is 0. The molecule has 0 saturated heterocycles.